The van der Waals surface area contributed by atoms with Crippen LogP contribution >= 0.6 is 0 Å². The van der Waals surface area contributed by atoms with Crippen molar-refractivity contribution in [2.24, 2.45) is 5.92 Å². The minimum atomic E-state index is 0.315. The summed E-state index contributed by atoms with van der Waals surface area (Å²) in [6.45, 7) is 5.06. The molecule has 90 valence electrons. The second-order valence-electron chi connectivity index (χ2n) is 5.71. The molecule has 2 nitrogen and oxygen atoms in total. The van der Waals surface area contributed by atoms with Gasteiger partial charge in [0.2, 0.25) is 0 Å². The summed E-state index contributed by atoms with van der Waals surface area (Å²) in [7, 11) is 2.08. The van der Waals surface area contributed by atoms with Gasteiger partial charge in [0, 0.05) is 11.5 Å². The van der Waals surface area contributed by atoms with Crippen LogP contribution in [0.1, 0.15) is 49.7 Å². The molecular formula is C14H19BO2. The zero-order valence-corrected chi connectivity index (χ0v) is 10.8. The zero-order chi connectivity index (χ0) is 12.2. The highest BCUT2D eigenvalue weighted by atomic mass is 16.5. The quantitative estimate of drug-likeness (QED) is 0.783. The monoisotopic (exact) mass is 230 g/mol. The van der Waals surface area contributed by atoms with Crippen LogP contribution in [-0.2, 0) is 0 Å². The van der Waals surface area contributed by atoms with Crippen LogP contribution in [0.5, 0.6) is 11.5 Å². The van der Waals surface area contributed by atoms with Crippen molar-refractivity contribution in [2.45, 2.75) is 38.5 Å². The Kier molecular flexibility index (Phi) is 2.39. The van der Waals surface area contributed by atoms with E-state index in [1.807, 2.05) is 0 Å². The van der Waals surface area contributed by atoms with Crippen molar-refractivity contribution in [3.63, 3.8) is 0 Å². The van der Waals surface area contributed by atoms with Gasteiger partial charge in [0.1, 0.15) is 19.3 Å². The summed E-state index contributed by atoms with van der Waals surface area (Å²) in [5, 5.41) is 10.5. The second kappa shape index (κ2) is 3.69. The van der Waals surface area contributed by atoms with Gasteiger partial charge in [-0.3, -0.25) is 0 Å². The Morgan fingerprint density at radius 1 is 1.47 bits per heavy atom. The number of rotatable bonds is 2. The zero-order valence-electron chi connectivity index (χ0n) is 10.8. The topological polar surface area (TPSA) is 29.5 Å². The minimum absolute atomic E-state index is 0.315. The van der Waals surface area contributed by atoms with Crippen LogP contribution < -0.4 is 10.2 Å². The molecule has 1 aliphatic heterocycles. The Morgan fingerprint density at radius 3 is 2.82 bits per heavy atom. The number of phenols is 1. The number of ether oxygens (including phenoxy) is 1. The van der Waals surface area contributed by atoms with E-state index in [1.165, 1.54) is 18.3 Å². The van der Waals surface area contributed by atoms with E-state index in [2.05, 4.69) is 27.8 Å². The summed E-state index contributed by atoms with van der Waals surface area (Å²) < 4.78 is 5.67. The normalized spacial score (nSPS) is 24.2. The highest BCUT2D eigenvalue weighted by Crippen LogP contribution is 2.48. The van der Waals surface area contributed by atoms with Crippen molar-refractivity contribution >= 4 is 13.3 Å². The summed E-state index contributed by atoms with van der Waals surface area (Å²) in [5.41, 5.74) is 3.33. The number of aromatic hydroxyl groups is 1. The fraction of sp³-hybridized carbons (Fsp3) is 0.571. The van der Waals surface area contributed by atoms with E-state index in [4.69, 9.17) is 4.74 Å². The lowest BCUT2D eigenvalue weighted by atomic mass is 9.83. The highest BCUT2D eigenvalue weighted by molar-refractivity contribution is 6.34. The van der Waals surface area contributed by atoms with Gasteiger partial charge in [0.15, 0.2) is 0 Å². The molecule has 0 amide bonds. The molecule has 1 N–H and O–H groups in total. The van der Waals surface area contributed by atoms with Gasteiger partial charge >= 0.3 is 0 Å². The van der Waals surface area contributed by atoms with Crippen molar-refractivity contribution in [2.75, 3.05) is 6.61 Å². The standard InChI is InChI=1S/C14H19BO2/c1-7-6-17-14-11(15)5-10(13(16)12(7)14)8(2)9-3-4-9/h5,7-9,16H,3-4,6,15H2,1-2H3. The Morgan fingerprint density at radius 2 is 2.18 bits per heavy atom. The Labute approximate surface area is 103 Å². The third kappa shape index (κ3) is 1.63. The molecule has 0 radical (unpaired) electrons. The van der Waals surface area contributed by atoms with Gasteiger partial charge < -0.3 is 9.84 Å². The third-order valence-electron chi connectivity index (χ3n) is 4.29. The molecule has 0 spiro atoms. The van der Waals surface area contributed by atoms with E-state index >= 15 is 0 Å². The summed E-state index contributed by atoms with van der Waals surface area (Å²) in [4.78, 5) is 0. The van der Waals surface area contributed by atoms with Crippen LogP contribution in [0, 0.1) is 5.92 Å². The van der Waals surface area contributed by atoms with Crippen molar-refractivity contribution in [3.8, 4) is 11.5 Å². The van der Waals surface area contributed by atoms with E-state index in [0.717, 1.165) is 22.8 Å². The van der Waals surface area contributed by atoms with Gasteiger partial charge in [-0.1, -0.05) is 19.9 Å². The van der Waals surface area contributed by atoms with Gasteiger partial charge in [-0.2, -0.15) is 0 Å². The summed E-state index contributed by atoms with van der Waals surface area (Å²) in [6.07, 6.45) is 2.62. The Bertz CT molecular complexity index is 466. The van der Waals surface area contributed by atoms with Gasteiger partial charge in [0.05, 0.1) is 6.61 Å². The van der Waals surface area contributed by atoms with Crippen LogP contribution in [0.15, 0.2) is 6.07 Å². The first-order valence-electron chi connectivity index (χ1n) is 6.58. The maximum Gasteiger partial charge on any atom is 0.144 e. The molecule has 3 rings (SSSR count). The van der Waals surface area contributed by atoms with E-state index in [9.17, 15) is 5.11 Å². The average Bonchev–Trinajstić information content (AvgIpc) is 3.06. The molecule has 3 heteroatoms. The van der Waals surface area contributed by atoms with E-state index in [0.29, 0.717) is 24.2 Å². The molecule has 1 aromatic carbocycles. The first-order chi connectivity index (χ1) is 8.09. The lowest BCUT2D eigenvalue weighted by molar-refractivity contribution is 0.339. The van der Waals surface area contributed by atoms with Crippen LogP contribution in [0.25, 0.3) is 0 Å². The predicted octanol–water partition coefficient (Wildman–Crippen LogP) is 1.66. The molecule has 1 aromatic rings. The maximum absolute atomic E-state index is 10.5. The summed E-state index contributed by atoms with van der Waals surface area (Å²) >= 11 is 0. The highest BCUT2D eigenvalue weighted by Gasteiger charge is 2.34. The molecule has 0 saturated heterocycles. The number of hydrogen-bond donors (Lipinski definition) is 1. The van der Waals surface area contributed by atoms with Gasteiger partial charge in [0.25, 0.3) is 0 Å². The molecule has 17 heavy (non-hydrogen) atoms. The smallest absolute Gasteiger partial charge is 0.144 e. The van der Waals surface area contributed by atoms with Gasteiger partial charge in [-0.25, -0.2) is 0 Å². The molecule has 1 heterocycles. The SMILES string of the molecule is Bc1cc(C(C)C2CC2)c(O)c2c1OCC2C. The minimum Gasteiger partial charge on any atom is -0.507 e. The summed E-state index contributed by atoms with van der Waals surface area (Å²) in [5.74, 6) is 2.98. The molecule has 2 aliphatic rings. The predicted molar refractivity (Wildman–Crippen MR) is 71.3 cm³/mol. The molecule has 0 aromatic heterocycles. The number of phenolic OH excluding ortho intramolecular Hbond substituents is 1. The number of fused-ring (bicyclic) bond motifs is 1. The van der Waals surface area contributed by atoms with Crippen LogP contribution in [0.2, 0.25) is 0 Å². The second-order valence-corrected chi connectivity index (χ2v) is 5.71. The molecule has 1 saturated carbocycles. The van der Waals surface area contributed by atoms with E-state index in [1.54, 1.807) is 0 Å². The lowest BCUT2D eigenvalue weighted by Crippen LogP contribution is -2.10. The van der Waals surface area contributed by atoms with E-state index in [-0.39, 0.29) is 0 Å². The lowest BCUT2D eigenvalue weighted by Gasteiger charge is -2.17. The molecule has 1 fully saturated rings. The summed E-state index contributed by atoms with van der Waals surface area (Å²) in [6, 6.07) is 2.12. The van der Waals surface area contributed by atoms with Crippen molar-refractivity contribution < 1.29 is 9.84 Å². The first kappa shape index (κ1) is 11.0. The molecule has 2 atom stereocenters. The van der Waals surface area contributed by atoms with Crippen molar-refractivity contribution in [3.05, 3.63) is 17.2 Å². The molecule has 2 unspecified atom stereocenters. The fourth-order valence-electron chi connectivity index (χ4n) is 2.98. The van der Waals surface area contributed by atoms with Gasteiger partial charge in [-0.15, -0.1) is 0 Å². The Balaban J connectivity index is 2.11. The average molecular weight is 230 g/mol. The maximum atomic E-state index is 10.5. The van der Waals surface area contributed by atoms with Crippen LogP contribution in [-0.4, -0.2) is 19.6 Å². The van der Waals surface area contributed by atoms with E-state index < -0.39 is 0 Å². The number of benzene rings is 1. The molecular weight excluding hydrogens is 211 g/mol. The fourth-order valence-corrected chi connectivity index (χ4v) is 2.98. The molecule has 0 bridgehead atoms. The number of hydrogen-bond acceptors (Lipinski definition) is 2. The van der Waals surface area contributed by atoms with Gasteiger partial charge in [-0.05, 0) is 35.7 Å². The largest absolute Gasteiger partial charge is 0.507 e. The van der Waals surface area contributed by atoms with Crippen LogP contribution in [0.3, 0.4) is 0 Å². The molecule has 1 aliphatic carbocycles. The van der Waals surface area contributed by atoms with Crippen LogP contribution in [0.4, 0.5) is 0 Å². The van der Waals surface area contributed by atoms with Crippen molar-refractivity contribution in [1.82, 2.24) is 0 Å². The Hall–Kier alpha value is -1.12. The third-order valence-corrected chi connectivity index (χ3v) is 4.29. The first-order valence-corrected chi connectivity index (χ1v) is 6.58. The van der Waals surface area contributed by atoms with Crippen molar-refractivity contribution in [1.29, 1.82) is 0 Å².